The normalized spacial score (nSPS) is 18.1. The molecule has 0 bridgehead atoms. The first-order valence-electron chi connectivity index (χ1n) is 15.0. The maximum Gasteiger partial charge on any atom is 0.242 e. The second kappa shape index (κ2) is 11.6. The van der Waals surface area contributed by atoms with Crippen LogP contribution in [0.2, 0.25) is 0 Å². The number of benzene rings is 3. The molecule has 1 saturated carbocycles. The number of amides is 2. The summed E-state index contributed by atoms with van der Waals surface area (Å²) in [7, 11) is 2.19. The highest BCUT2D eigenvalue weighted by Crippen LogP contribution is 2.42. The Kier molecular flexibility index (Phi) is 7.75. The average Bonchev–Trinajstić information content (AvgIpc) is 3.30. The van der Waals surface area contributed by atoms with E-state index in [0.29, 0.717) is 24.8 Å². The fourth-order valence-electron chi connectivity index (χ4n) is 6.22. The molecule has 2 heterocycles. The van der Waals surface area contributed by atoms with Crippen molar-refractivity contribution in [3.63, 3.8) is 0 Å². The number of imidazole rings is 2. The summed E-state index contributed by atoms with van der Waals surface area (Å²) in [6.07, 6.45) is 0.537. The number of fused-ring (bicyclic) bond motifs is 2. The van der Waals surface area contributed by atoms with E-state index >= 15 is 0 Å². The van der Waals surface area contributed by atoms with E-state index in [0.717, 1.165) is 68.5 Å². The molecular formula is C34H39N7O2. The zero-order chi connectivity index (χ0) is 30.2. The molecule has 3 aromatic carbocycles. The van der Waals surface area contributed by atoms with E-state index in [1.165, 1.54) is 0 Å². The number of hydrogen-bond acceptors (Lipinski definition) is 5. The number of rotatable bonds is 11. The summed E-state index contributed by atoms with van der Waals surface area (Å²) >= 11 is 0. The lowest BCUT2D eigenvalue weighted by molar-refractivity contribution is -0.133. The number of H-pyrrole nitrogens is 2. The van der Waals surface area contributed by atoms with Crippen molar-refractivity contribution in [3.05, 3.63) is 72.3 Å². The van der Waals surface area contributed by atoms with Crippen molar-refractivity contribution < 1.29 is 9.59 Å². The zero-order valence-corrected chi connectivity index (χ0v) is 25.4. The minimum absolute atomic E-state index is 0.0267. The van der Waals surface area contributed by atoms with E-state index in [1.54, 1.807) is 4.90 Å². The highest BCUT2D eigenvalue weighted by atomic mass is 16.2. The van der Waals surface area contributed by atoms with Crippen molar-refractivity contribution in [2.45, 2.75) is 52.9 Å². The van der Waals surface area contributed by atoms with Gasteiger partial charge in [-0.2, -0.15) is 0 Å². The summed E-state index contributed by atoms with van der Waals surface area (Å²) < 4.78 is 0. The van der Waals surface area contributed by atoms with E-state index in [4.69, 9.17) is 9.97 Å². The highest BCUT2D eigenvalue weighted by molar-refractivity contribution is 5.85. The molecule has 0 aliphatic heterocycles. The number of nitrogens with one attached hydrogen (secondary N) is 3. The van der Waals surface area contributed by atoms with Crippen molar-refractivity contribution >= 4 is 34.4 Å². The molecule has 3 N–H and O–H groups in total. The quantitative estimate of drug-likeness (QED) is 0.184. The van der Waals surface area contributed by atoms with Gasteiger partial charge in [0.15, 0.2) is 0 Å². The molecule has 222 valence electrons. The number of aromatic amines is 2. The minimum Gasteiger partial charge on any atom is -0.350 e. The third-order valence-corrected chi connectivity index (χ3v) is 8.89. The Bertz CT molecular complexity index is 1760. The van der Waals surface area contributed by atoms with Crippen molar-refractivity contribution in [2.75, 3.05) is 13.6 Å². The summed E-state index contributed by atoms with van der Waals surface area (Å²) in [5.41, 5.74) is 8.29. The summed E-state index contributed by atoms with van der Waals surface area (Å²) in [5.74, 6) is 3.06. The summed E-state index contributed by atoms with van der Waals surface area (Å²) in [5, 5.41) is 2.45. The Balaban J connectivity index is 1.16. The molecule has 0 radical (unpaired) electrons. The van der Waals surface area contributed by atoms with Crippen LogP contribution < -0.4 is 5.32 Å². The standard InChI is InChI=1S/C34H39N7O2/c1-20(2)41(33(43)16-35-19-42)18-32-37-28-13-11-26(15-30(28)39-32)24-8-6-23(7-9-24)25-10-12-27-29(14-25)38-31(36-27)17-40(5)34-21(3)22(34)4/h6-15,19-22,34H,16-18H2,1-5H3,(H,35,42)(H,36,38)(H,37,39)/t21-,22?,34?/m1/s1. The number of aromatic nitrogens is 4. The lowest BCUT2D eigenvalue weighted by Crippen LogP contribution is -2.41. The third kappa shape index (κ3) is 5.90. The predicted molar refractivity (Wildman–Crippen MR) is 170 cm³/mol. The van der Waals surface area contributed by atoms with Gasteiger partial charge < -0.3 is 20.2 Å². The van der Waals surface area contributed by atoms with Crippen molar-refractivity contribution in [1.82, 2.24) is 35.1 Å². The van der Waals surface area contributed by atoms with Gasteiger partial charge in [0.25, 0.3) is 0 Å². The van der Waals surface area contributed by atoms with E-state index < -0.39 is 0 Å². The lowest BCUT2D eigenvalue weighted by Gasteiger charge is -2.25. The van der Waals surface area contributed by atoms with Crippen LogP contribution in [-0.4, -0.2) is 67.7 Å². The van der Waals surface area contributed by atoms with Crippen LogP contribution in [0.3, 0.4) is 0 Å². The Hall–Kier alpha value is -4.50. The van der Waals surface area contributed by atoms with Gasteiger partial charge in [-0.1, -0.05) is 50.2 Å². The molecule has 2 aromatic heterocycles. The van der Waals surface area contributed by atoms with Crippen LogP contribution in [0.5, 0.6) is 0 Å². The number of carbonyl (C=O) groups excluding carboxylic acids is 2. The van der Waals surface area contributed by atoms with Crippen LogP contribution in [0.15, 0.2) is 60.7 Å². The van der Waals surface area contributed by atoms with Crippen molar-refractivity contribution in [1.29, 1.82) is 0 Å². The first-order valence-corrected chi connectivity index (χ1v) is 15.0. The zero-order valence-electron chi connectivity index (χ0n) is 25.4. The van der Waals surface area contributed by atoms with Crippen LogP contribution in [0, 0.1) is 11.8 Å². The molecule has 0 saturated heterocycles. The number of carbonyl (C=O) groups is 2. The molecule has 6 rings (SSSR count). The van der Waals surface area contributed by atoms with Gasteiger partial charge in [-0.15, -0.1) is 0 Å². The Labute approximate surface area is 251 Å². The van der Waals surface area contributed by atoms with E-state index in [9.17, 15) is 9.59 Å². The van der Waals surface area contributed by atoms with Gasteiger partial charge in [0.05, 0.1) is 41.7 Å². The van der Waals surface area contributed by atoms with Gasteiger partial charge >= 0.3 is 0 Å². The van der Waals surface area contributed by atoms with Gasteiger partial charge in [0, 0.05) is 12.1 Å². The van der Waals surface area contributed by atoms with Gasteiger partial charge in [0.1, 0.15) is 11.6 Å². The van der Waals surface area contributed by atoms with E-state index in [2.05, 4.69) is 95.7 Å². The Morgan fingerprint density at radius 2 is 1.33 bits per heavy atom. The second-order valence-electron chi connectivity index (χ2n) is 12.1. The Morgan fingerprint density at radius 1 is 0.837 bits per heavy atom. The molecule has 9 nitrogen and oxygen atoms in total. The minimum atomic E-state index is -0.152. The molecule has 0 spiro atoms. The predicted octanol–water partition coefficient (Wildman–Crippen LogP) is 5.34. The lowest BCUT2D eigenvalue weighted by atomic mass is 10.00. The smallest absolute Gasteiger partial charge is 0.242 e. The fraction of sp³-hybridized carbons (Fsp3) is 0.353. The monoisotopic (exact) mass is 577 g/mol. The number of hydrogen-bond donors (Lipinski definition) is 3. The second-order valence-corrected chi connectivity index (χ2v) is 12.1. The first-order chi connectivity index (χ1) is 20.7. The van der Waals surface area contributed by atoms with E-state index in [1.807, 2.05) is 19.9 Å². The van der Waals surface area contributed by atoms with Crippen LogP contribution in [0.4, 0.5) is 0 Å². The van der Waals surface area contributed by atoms with Gasteiger partial charge in [-0.3, -0.25) is 14.5 Å². The maximum atomic E-state index is 12.5. The highest BCUT2D eigenvalue weighted by Gasteiger charge is 2.45. The largest absolute Gasteiger partial charge is 0.350 e. The van der Waals surface area contributed by atoms with Crippen molar-refractivity contribution in [2.24, 2.45) is 11.8 Å². The van der Waals surface area contributed by atoms with E-state index in [-0.39, 0.29) is 18.5 Å². The molecule has 3 atom stereocenters. The summed E-state index contributed by atoms with van der Waals surface area (Å²) in [6, 6.07) is 21.8. The molecule has 5 aromatic rings. The van der Waals surface area contributed by atoms with Gasteiger partial charge in [0.2, 0.25) is 12.3 Å². The number of nitrogens with zero attached hydrogens (tertiary/aromatic N) is 4. The topological polar surface area (TPSA) is 110 Å². The molecule has 43 heavy (non-hydrogen) atoms. The average molecular weight is 578 g/mol. The maximum absolute atomic E-state index is 12.5. The van der Waals surface area contributed by atoms with Crippen LogP contribution in [0.25, 0.3) is 44.3 Å². The molecule has 1 fully saturated rings. The third-order valence-electron chi connectivity index (χ3n) is 8.89. The van der Waals surface area contributed by atoms with Crippen LogP contribution in [0.1, 0.15) is 39.3 Å². The van der Waals surface area contributed by atoms with Crippen molar-refractivity contribution in [3.8, 4) is 22.3 Å². The molecule has 1 aliphatic rings. The summed E-state index contributed by atoms with van der Waals surface area (Å²) in [4.78, 5) is 43.7. The molecular weight excluding hydrogens is 538 g/mol. The molecule has 2 unspecified atom stereocenters. The van der Waals surface area contributed by atoms with Crippen LogP contribution in [-0.2, 0) is 22.7 Å². The molecule has 1 aliphatic carbocycles. The molecule has 9 heteroatoms. The van der Waals surface area contributed by atoms with Crippen LogP contribution >= 0.6 is 0 Å². The molecule has 2 amide bonds. The fourth-order valence-corrected chi connectivity index (χ4v) is 6.22. The van der Waals surface area contributed by atoms with Gasteiger partial charge in [-0.05, 0) is 79.3 Å². The first kappa shape index (κ1) is 28.6. The summed E-state index contributed by atoms with van der Waals surface area (Å²) in [6.45, 7) is 9.67. The SMILES string of the molecule is CC1C(N(C)Cc2nc3ccc(-c4ccc(-c5ccc6nc(CN(C(=O)CNC=O)C(C)C)[nH]c6c5)cc4)cc3[nH]2)[C@@H]1C. The van der Waals surface area contributed by atoms with Gasteiger partial charge in [-0.25, -0.2) is 9.97 Å². The Morgan fingerprint density at radius 3 is 1.79 bits per heavy atom.